The summed E-state index contributed by atoms with van der Waals surface area (Å²) in [5.41, 5.74) is 1.86. The van der Waals surface area contributed by atoms with E-state index in [4.69, 9.17) is 9.47 Å². The van der Waals surface area contributed by atoms with Gasteiger partial charge >= 0.3 is 0 Å². The molecule has 0 spiro atoms. The maximum atomic E-state index is 11.7. The van der Waals surface area contributed by atoms with Gasteiger partial charge in [0.05, 0.1) is 25.3 Å². The molecule has 2 rings (SSSR count). The number of hydrogen-bond acceptors (Lipinski definition) is 4. The van der Waals surface area contributed by atoms with Gasteiger partial charge in [0, 0.05) is 19.2 Å². The Labute approximate surface area is 94.3 Å². The molecule has 0 radical (unpaired) electrons. The van der Waals surface area contributed by atoms with Crippen LogP contribution < -0.4 is 0 Å². The molecule has 16 heavy (non-hydrogen) atoms. The summed E-state index contributed by atoms with van der Waals surface area (Å²) in [6.45, 7) is 3.09. The Bertz CT molecular complexity index is 381. The molecule has 0 bridgehead atoms. The summed E-state index contributed by atoms with van der Waals surface area (Å²) < 4.78 is 12.2. The molecule has 1 fully saturated rings. The van der Waals surface area contributed by atoms with Crippen molar-refractivity contribution < 1.29 is 14.3 Å². The van der Waals surface area contributed by atoms with Gasteiger partial charge in [-0.3, -0.25) is 9.48 Å². The van der Waals surface area contributed by atoms with Crippen LogP contribution in [-0.4, -0.2) is 35.1 Å². The van der Waals surface area contributed by atoms with Crippen LogP contribution in [0, 0.1) is 6.92 Å². The predicted molar refractivity (Wildman–Crippen MR) is 57.0 cm³/mol. The van der Waals surface area contributed by atoms with E-state index in [0.29, 0.717) is 26.1 Å². The highest BCUT2D eigenvalue weighted by atomic mass is 16.7. The van der Waals surface area contributed by atoms with Crippen LogP contribution in [0.2, 0.25) is 0 Å². The molecule has 0 unspecified atom stereocenters. The summed E-state index contributed by atoms with van der Waals surface area (Å²) in [5, 5.41) is 4.20. The highest BCUT2D eigenvalue weighted by molar-refractivity contribution is 5.80. The summed E-state index contributed by atoms with van der Waals surface area (Å²) in [7, 11) is 1.85. The minimum atomic E-state index is -0.346. The van der Waals surface area contributed by atoms with E-state index < -0.39 is 0 Å². The lowest BCUT2D eigenvalue weighted by Crippen LogP contribution is -2.17. The second-order valence-corrected chi connectivity index (χ2v) is 3.99. The first-order chi connectivity index (χ1) is 7.65. The van der Waals surface area contributed by atoms with Gasteiger partial charge in [0.15, 0.2) is 6.29 Å². The van der Waals surface area contributed by atoms with Crippen LogP contribution >= 0.6 is 0 Å². The highest BCUT2D eigenvalue weighted by Gasteiger charge is 2.20. The molecule has 0 N–H and O–H groups in total. The van der Waals surface area contributed by atoms with Crippen molar-refractivity contribution in [2.24, 2.45) is 7.05 Å². The van der Waals surface area contributed by atoms with E-state index in [1.54, 1.807) is 4.68 Å². The fourth-order valence-electron chi connectivity index (χ4n) is 1.81. The highest BCUT2D eigenvalue weighted by Crippen LogP contribution is 2.11. The third kappa shape index (κ3) is 2.68. The SMILES string of the molecule is Cc1cc(CC(=O)CC2OCCO2)n(C)n1. The van der Waals surface area contributed by atoms with Crippen LogP contribution in [0.15, 0.2) is 6.07 Å². The first-order valence-electron chi connectivity index (χ1n) is 5.39. The van der Waals surface area contributed by atoms with E-state index in [2.05, 4.69) is 5.10 Å². The van der Waals surface area contributed by atoms with Crippen molar-refractivity contribution in [2.75, 3.05) is 13.2 Å². The fourth-order valence-corrected chi connectivity index (χ4v) is 1.81. The molecule has 1 aliphatic rings. The van der Waals surface area contributed by atoms with Gasteiger partial charge in [0.25, 0.3) is 0 Å². The van der Waals surface area contributed by atoms with Gasteiger partial charge in [-0.15, -0.1) is 0 Å². The summed E-state index contributed by atoms with van der Waals surface area (Å²) >= 11 is 0. The standard InChI is InChI=1S/C11H16N2O3/c1-8-5-9(13(2)12-8)6-10(14)7-11-15-3-4-16-11/h5,11H,3-4,6-7H2,1-2H3. The molecule has 0 saturated carbocycles. The quantitative estimate of drug-likeness (QED) is 0.751. The van der Waals surface area contributed by atoms with Crippen molar-refractivity contribution >= 4 is 5.78 Å². The number of ketones is 1. The monoisotopic (exact) mass is 224 g/mol. The molecule has 1 aromatic heterocycles. The summed E-state index contributed by atoms with van der Waals surface area (Å²) in [4.78, 5) is 11.7. The Hall–Kier alpha value is -1.20. The molecule has 0 aromatic carbocycles. The van der Waals surface area contributed by atoms with Crippen molar-refractivity contribution in [1.82, 2.24) is 9.78 Å². The number of hydrogen-bond donors (Lipinski definition) is 0. The number of Topliss-reactive ketones (excluding diaryl/α,β-unsaturated/α-hetero) is 1. The Kier molecular flexibility index (Phi) is 3.36. The first kappa shape index (κ1) is 11.3. The van der Waals surface area contributed by atoms with Crippen LogP contribution in [0.5, 0.6) is 0 Å². The second-order valence-electron chi connectivity index (χ2n) is 3.99. The maximum Gasteiger partial charge on any atom is 0.164 e. The van der Waals surface area contributed by atoms with E-state index in [0.717, 1.165) is 11.4 Å². The van der Waals surface area contributed by atoms with Gasteiger partial charge in [0.1, 0.15) is 5.78 Å². The first-order valence-corrected chi connectivity index (χ1v) is 5.39. The number of aryl methyl sites for hydroxylation is 2. The lowest BCUT2D eigenvalue weighted by atomic mass is 10.1. The molecule has 5 heteroatoms. The Morgan fingerprint density at radius 2 is 2.25 bits per heavy atom. The van der Waals surface area contributed by atoms with E-state index >= 15 is 0 Å². The van der Waals surface area contributed by atoms with Crippen LogP contribution in [0.25, 0.3) is 0 Å². The van der Waals surface area contributed by atoms with Crippen molar-refractivity contribution in [3.63, 3.8) is 0 Å². The molecule has 1 aliphatic heterocycles. The normalized spacial score (nSPS) is 16.9. The minimum absolute atomic E-state index is 0.120. The molecule has 88 valence electrons. The zero-order valence-corrected chi connectivity index (χ0v) is 9.60. The number of carbonyl (C=O) groups excluding carboxylic acids is 1. The van der Waals surface area contributed by atoms with Gasteiger partial charge < -0.3 is 9.47 Å². The van der Waals surface area contributed by atoms with Gasteiger partial charge in [-0.2, -0.15) is 5.10 Å². The lowest BCUT2D eigenvalue weighted by molar-refractivity contribution is -0.126. The van der Waals surface area contributed by atoms with Crippen molar-refractivity contribution in [1.29, 1.82) is 0 Å². The second kappa shape index (κ2) is 4.76. The third-order valence-corrected chi connectivity index (χ3v) is 2.56. The number of aromatic nitrogens is 2. The molecule has 1 saturated heterocycles. The molecule has 0 atom stereocenters. The summed E-state index contributed by atoms with van der Waals surface area (Å²) in [5.74, 6) is 0.120. The van der Waals surface area contributed by atoms with Gasteiger partial charge in [-0.25, -0.2) is 0 Å². The average Bonchev–Trinajstić information content (AvgIpc) is 2.78. The van der Waals surface area contributed by atoms with Crippen LogP contribution in [0.3, 0.4) is 0 Å². The van der Waals surface area contributed by atoms with Gasteiger partial charge in [0.2, 0.25) is 0 Å². The topological polar surface area (TPSA) is 53.4 Å². The smallest absolute Gasteiger partial charge is 0.164 e. The molecular weight excluding hydrogens is 208 g/mol. The Morgan fingerprint density at radius 3 is 2.81 bits per heavy atom. The van der Waals surface area contributed by atoms with Crippen LogP contribution in [-0.2, 0) is 27.7 Å². The minimum Gasteiger partial charge on any atom is -0.350 e. The Morgan fingerprint density at radius 1 is 1.56 bits per heavy atom. The number of nitrogens with zero attached hydrogens (tertiary/aromatic N) is 2. The molecular formula is C11H16N2O3. The average molecular weight is 224 g/mol. The van der Waals surface area contributed by atoms with Crippen LogP contribution in [0.1, 0.15) is 17.8 Å². The van der Waals surface area contributed by atoms with Crippen LogP contribution in [0.4, 0.5) is 0 Å². The number of carbonyl (C=O) groups is 1. The molecule has 0 aliphatic carbocycles. The molecule has 1 aromatic rings. The largest absolute Gasteiger partial charge is 0.350 e. The fraction of sp³-hybridized carbons (Fsp3) is 0.636. The van der Waals surface area contributed by atoms with Crippen molar-refractivity contribution in [3.8, 4) is 0 Å². The van der Waals surface area contributed by atoms with E-state index in [1.807, 2.05) is 20.0 Å². The zero-order valence-electron chi connectivity index (χ0n) is 9.60. The summed E-state index contributed by atoms with van der Waals surface area (Å²) in [6.07, 6.45) is 0.368. The van der Waals surface area contributed by atoms with E-state index in [1.165, 1.54) is 0 Å². The Balaban J connectivity index is 1.89. The van der Waals surface area contributed by atoms with Gasteiger partial charge in [-0.1, -0.05) is 0 Å². The molecule has 2 heterocycles. The van der Waals surface area contributed by atoms with Crippen molar-refractivity contribution in [3.05, 3.63) is 17.5 Å². The lowest BCUT2D eigenvalue weighted by Gasteiger charge is -2.07. The zero-order chi connectivity index (χ0) is 11.5. The number of rotatable bonds is 4. The molecule has 0 amide bonds. The molecule has 5 nitrogen and oxygen atoms in total. The maximum absolute atomic E-state index is 11.7. The van der Waals surface area contributed by atoms with E-state index in [-0.39, 0.29) is 12.1 Å². The van der Waals surface area contributed by atoms with Gasteiger partial charge in [-0.05, 0) is 13.0 Å². The predicted octanol–water partition coefficient (Wildman–Crippen LogP) is 0.603. The van der Waals surface area contributed by atoms with E-state index in [9.17, 15) is 4.79 Å². The number of ether oxygens (including phenoxy) is 2. The third-order valence-electron chi connectivity index (χ3n) is 2.56. The summed E-state index contributed by atoms with van der Waals surface area (Å²) in [6, 6.07) is 1.92. The van der Waals surface area contributed by atoms with Crippen molar-refractivity contribution in [2.45, 2.75) is 26.1 Å².